The minimum Gasteiger partial charge on any atom is -0.361 e. The quantitative estimate of drug-likeness (QED) is 0.553. The van der Waals surface area contributed by atoms with Crippen LogP contribution in [0.2, 0.25) is 10.0 Å². The molecule has 0 aliphatic heterocycles. The maximum atomic E-state index is 12.0. The lowest BCUT2D eigenvalue weighted by molar-refractivity contribution is -0.118. The number of H-pyrrole nitrogens is 1. The van der Waals surface area contributed by atoms with Crippen molar-refractivity contribution in [3.63, 3.8) is 0 Å². The molecule has 0 saturated heterocycles. The van der Waals surface area contributed by atoms with Crippen LogP contribution in [0.4, 0.5) is 0 Å². The number of benzene rings is 2. The zero-order valence-electron chi connectivity index (χ0n) is 14.4. The van der Waals surface area contributed by atoms with Crippen molar-refractivity contribution >= 4 is 51.8 Å². The van der Waals surface area contributed by atoms with Gasteiger partial charge in [-0.15, -0.1) is 11.8 Å². The van der Waals surface area contributed by atoms with Crippen LogP contribution in [0.1, 0.15) is 16.7 Å². The second-order valence-electron chi connectivity index (χ2n) is 6.20. The summed E-state index contributed by atoms with van der Waals surface area (Å²) in [6, 6.07) is 11.9. The second kappa shape index (κ2) is 8.85. The minimum atomic E-state index is 0.0473. The van der Waals surface area contributed by atoms with Gasteiger partial charge in [0.2, 0.25) is 5.91 Å². The first-order valence-electron chi connectivity index (χ1n) is 8.38. The van der Waals surface area contributed by atoms with Crippen LogP contribution >= 0.6 is 35.0 Å². The van der Waals surface area contributed by atoms with Crippen molar-refractivity contribution in [3.05, 3.63) is 69.3 Å². The predicted octanol–water partition coefficient (Wildman–Crippen LogP) is 5.38. The van der Waals surface area contributed by atoms with E-state index in [0.717, 1.165) is 23.3 Å². The van der Waals surface area contributed by atoms with Crippen LogP contribution in [0.3, 0.4) is 0 Å². The Kier molecular flexibility index (Phi) is 6.52. The predicted molar refractivity (Wildman–Crippen MR) is 112 cm³/mol. The highest BCUT2D eigenvalue weighted by Crippen LogP contribution is 2.24. The number of carbonyl (C=O) groups is 1. The van der Waals surface area contributed by atoms with Gasteiger partial charge in [0.25, 0.3) is 0 Å². The van der Waals surface area contributed by atoms with Crippen LogP contribution in [-0.4, -0.2) is 23.2 Å². The number of rotatable bonds is 7. The number of hydrogen-bond acceptors (Lipinski definition) is 2. The molecule has 1 amide bonds. The molecule has 0 unspecified atom stereocenters. The monoisotopic (exact) mass is 406 g/mol. The van der Waals surface area contributed by atoms with Gasteiger partial charge in [0.05, 0.1) is 15.8 Å². The van der Waals surface area contributed by atoms with Gasteiger partial charge in [-0.3, -0.25) is 4.79 Å². The third-order valence-electron chi connectivity index (χ3n) is 4.13. The van der Waals surface area contributed by atoms with E-state index in [2.05, 4.69) is 35.4 Å². The fourth-order valence-electron chi connectivity index (χ4n) is 2.78. The Hall–Kier alpha value is -1.62. The van der Waals surface area contributed by atoms with Gasteiger partial charge < -0.3 is 10.3 Å². The Bertz CT molecular complexity index is 923. The first-order valence-corrected chi connectivity index (χ1v) is 10.3. The first kappa shape index (κ1) is 19.2. The second-order valence-corrected chi connectivity index (χ2v) is 8.00. The maximum Gasteiger partial charge on any atom is 0.230 e. The molecule has 26 heavy (non-hydrogen) atoms. The lowest BCUT2D eigenvalue weighted by atomic mass is 10.1. The average Bonchev–Trinajstić information content (AvgIpc) is 3.00. The summed E-state index contributed by atoms with van der Waals surface area (Å²) >= 11 is 13.5. The summed E-state index contributed by atoms with van der Waals surface area (Å²) in [7, 11) is 0. The van der Waals surface area contributed by atoms with Crippen molar-refractivity contribution in [1.29, 1.82) is 0 Å². The van der Waals surface area contributed by atoms with E-state index in [-0.39, 0.29) is 5.91 Å². The van der Waals surface area contributed by atoms with Crippen LogP contribution < -0.4 is 5.32 Å². The normalized spacial score (nSPS) is 11.0. The molecule has 3 nitrogen and oxygen atoms in total. The molecule has 0 saturated carbocycles. The number of amides is 1. The van der Waals surface area contributed by atoms with E-state index in [9.17, 15) is 4.79 Å². The number of nitrogens with one attached hydrogen (secondary N) is 2. The van der Waals surface area contributed by atoms with Crippen molar-refractivity contribution in [2.45, 2.75) is 19.1 Å². The summed E-state index contributed by atoms with van der Waals surface area (Å²) in [5.74, 6) is 1.20. The van der Waals surface area contributed by atoms with Gasteiger partial charge in [-0.05, 0) is 48.7 Å². The Morgan fingerprint density at radius 1 is 1.15 bits per heavy atom. The number of halogens is 2. The zero-order chi connectivity index (χ0) is 18.5. The number of thioether (sulfide) groups is 1. The largest absolute Gasteiger partial charge is 0.361 e. The smallest absolute Gasteiger partial charge is 0.230 e. The number of aromatic amines is 1. The van der Waals surface area contributed by atoms with Crippen LogP contribution in [-0.2, 0) is 17.0 Å². The lowest BCUT2D eigenvalue weighted by Gasteiger charge is -2.06. The SMILES string of the molecule is Cc1ccc2[nH]cc(CCNC(=O)CSCc3ccc(Cl)c(Cl)c3)c2c1. The molecule has 0 radical (unpaired) electrons. The van der Waals surface area contributed by atoms with Crippen LogP contribution in [0, 0.1) is 6.92 Å². The van der Waals surface area contributed by atoms with E-state index in [1.807, 2.05) is 18.3 Å². The van der Waals surface area contributed by atoms with Crippen molar-refractivity contribution in [2.75, 3.05) is 12.3 Å². The zero-order valence-corrected chi connectivity index (χ0v) is 16.8. The number of aryl methyl sites for hydroxylation is 1. The van der Waals surface area contributed by atoms with Crippen molar-refractivity contribution < 1.29 is 4.79 Å². The summed E-state index contributed by atoms with van der Waals surface area (Å²) in [5, 5.41) is 5.31. The highest BCUT2D eigenvalue weighted by molar-refractivity contribution is 7.99. The third-order valence-corrected chi connectivity index (χ3v) is 5.87. The molecule has 0 bridgehead atoms. The van der Waals surface area contributed by atoms with Crippen LogP contribution in [0.25, 0.3) is 10.9 Å². The van der Waals surface area contributed by atoms with E-state index in [0.29, 0.717) is 22.3 Å². The number of fused-ring (bicyclic) bond motifs is 1. The summed E-state index contributed by atoms with van der Waals surface area (Å²) in [5.41, 5.74) is 4.66. The standard InChI is InChI=1S/C20H20Cl2N2OS/c1-13-2-5-19-16(8-13)15(10-24-19)6-7-23-20(25)12-26-11-14-3-4-17(21)18(22)9-14/h2-5,8-10,24H,6-7,11-12H2,1H3,(H,23,25). The van der Waals surface area contributed by atoms with Crippen LogP contribution in [0.5, 0.6) is 0 Å². The van der Waals surface area contributed by atoms with Gasteiger partial charge in [0, 0.05) is 29.4 Å². The number of carbonyl (C=O) groups excluding carboxylic acids is 1. The van der Waals surface area contributed by atoms with Crippen LogP contribution in [0.15, 0.2) is 42.6 Å². The van der Waals surface area contributed by atoms with Gasteiger partial charge >= 0.3 is 0 Å². The molecule has 3 aromatic rings. The van der Waals surface area contributed by atoms with Gasteiger partial charge in [-0.25, -0.2) is 0 Å². The minimum absolute atomic E-state index is 0.0473. The van der Waals surface area contributed by atoms with Crippen molar-refractivity contribution in [1.82, 2.24) is 10.3 Å². The molecular weight excluding hydrogens is 387 g/mol. The fraction of sp³-hybridized carbons (Fsp3) is 0.250. The molecule has 0 spiro atoms. The lowest BCUT2D eigenvalue weighted by Crippen LogP contribution is -2.27. The molecule has 136 valence electrons. The Morgan fingerprint density at radius 2 is 2.00 bits per heavy atom. The summed E-state index contributed by atoms with van der Waals surface area (Å²) < 4.78 is 0. The Balaban J connectivity index is 1.42. The molecule has 1 heterocycles. The van der Waals surface area contributed by atoms with E-state index in [1.54, 1.807) is 17.8 Å². The molecule has 2 N–H and O–H groups in total. The molecule has 0 atom stereocenters. The topological polar surface area (TPSA) is 44.9 Å². The highest BCUT2D eigenvalue weighted by atomic mass is 35.5. The Labute approximate surface area is 167 Å². The van der Waals surface area contributed by atoms with E-state index in [1.165, 1.54) is 16.5 Å². The van der Waals surface area contributed by atoms with Gasteiger partial charge in [0.15, 0.2) is 0 Å². The summed E-state index contributed by atoms with van der Waals surface area (Å²) in [6.45, 7) is 2.72. The highest BCUT2D eigenvalue weighted by Gasteiger charge is 2.06. The van der Waals surface area contributed by atoms with Crippen molar-refractivity contribution in [3.8, 4) is 0 Å². The van der Waals surface area contributed by atoms with E-state index in [4.69, 9.17) is 23.2 Å². The molecule has 3 rings (SSSR count). The third kappa shape index (κ3) is 4.97. The van der Waals surface area contributed by atoms with Gasteiger partial charge in [0.1, 0.15) is 0 Å². The summed E-state index contributed by atoms with van der Waals surface area (Å²) in [6.07, 6.45) is 2.84. The molecule has 2 aromatic carbocycles. The molecule has 1 aromatic heterocycles. The Morgan fingerprint density at radius 3 is 2.81 bits per heavy atom. The number of hydrogen-bond donors (Lipinski definition) is 2. The molecular formula is C20H20Cl2N2OS. The van der Waals surface area contributed by atoms with Gasteiger partial charge in [-0.1, -0.05) is 40.9 Å². The number of aromatic nitrogens is 1. The van der Waals surface area contributed by atoms with Crippen molar-refractivity contribution in [2.24, 2.45) is 0 Å². The molecule has 6 heteroatoms. The molecule has 0 fully saturated rings. The average molecular weight is 407 g/mol. The summed E-state index contributed by atoms with van der Waals surface area (Å²) in [4.78, 5) is 15.3. The van der Waals surface area contributed by atoms with E-state index >= 15 is 0 Å². The van der Waals surface area contributed by atoms with Gasteiger partial charge in [-0.2, -0.15) is 0 Å². The molecule has 0 aliphatic carbocycles. The molecule has 0 aliphatic rings. The maximum absolute atomic E-state index is 12.0. The first-order chi connectivity index (χ1) is 12.5. The fourth-order valence-corrected chi connectivity index (χ4v) is 3.90. The van der Waals surface area contributed by atoms with E-state index < -0.39 is 0 Å².